The van der Waals surface area contributed by atoms with Crippen molar-refractivity contribution < 1.29 is 18.7 Å². The first kappa shape index (κ1) is 25.4. The highest BCUT2D eigenvalue weighted by Crippen LogP contribution is 2.29. The summed E-state index contributed by atoms with van der Waals surface area (Å²) in [5.41, 5.74) is 4.35. The Labute approximate surface area is 216 Å². The van der Waals surface area contributed by atoms with E-state index in [0.717, 1.165) is 22.4 Å². The monoisotopic (exact) mass is 507 g/mol. The summed E-state index contributed by atoms with van der Waals surface area (Å²) >= 11 is 5.75. The molecule has 0 spiro atoms. The average Bonchev–Trinajstić information content (AvgIpc) is 2.90. The summed E-state index contributed by atoms with van der Waals surface area (Å²) in [6, 6.07) is 18.1. The van der Waals surface area contributed by atoms with Gasteiger partial charge in [0.25, 0.3) is 5.91 Å². The fraction of sp³-hybridized carbons (Fsp3) is 0.286. The van der Waals surface area contributed by atoms with Gasteiger partial charge in [-0.25, -0.2) is 4.39 Å². The number of nitrogens with zero attached hydrogens (tertiary/aromatic N) is 2. The fourth-order valence-corrected chi connectivity index (χ4v) is 4.49. The molecule has 1 saturated heterocycles. The molecule has 1 N–H and O–H groups in total. The van der Waals surface area contributed by atoms with Crippen LogP contribution >= 0.6 is 12.2 Å². The minimum absolute atomic E-state index is 0.147. The zero-order valence-electron chi connectivity index (χ0n) is 20.7. The highest BCUT2D eigenvalue weighted by Gasteiger charge is 2.22. The van der Waals surface area contributed by atoms with E-state index >= 15 is 0 Å². The maximum atomic E-state index is 14.1. The van der Waals surface area contributed by atoms with Crippen molar-refractivity contribution in [2.45, 2.75) is 13.8 Å². The van der Waals surface area contributed by atoms with Gasteiger partial charge in [0.15, 0.2) is 18.1 Å². The third kappa shape index (κ3) is 5.76. The number of carbonyl (C=O) groups excluding carboxylic acids is 1. The van der Waals surface area contributed by atoms with E-state index in [-0.39, 0.29) is 18.3 Å². The van der Waals surface area contributed by atoms with E-state index in [1.54, 1.807) is 25.3 Å². The van der Waals surface area contributed by atoms with Gasteiger partial charge in [-0.15, -0.1) is 0 Å². The predicted molar refractivity (Wildman–Crippen MR) is 145 cm³/mol. The highest BCUT2D eigenvalue weighted by molar-refractivity contribution is 7.80. The number of aryl methyl sites for hydroxylation is 1. The quantitative estimate of drug-likeness (QED) is 0.456. The Morgan fingerprint density at radius 2 is 1.75 bits per heavy atom. The lowest BCUT2D eigenvalue weighted by molar-refractivity contribution is -0.118. The second-order valence-electron chi connectivity index (χ2n) is 8.68. The molecule has 4 rings (SSSR count). The molecule has 6 nitrogen and oxygen atoms in total. The molecule has 3 aromatic carbocycles. The van der Waals surface area contributed by atoms with E-state index in [2.05, 4.69) is 10.2 Å². The van der Waals surface area contributed by atoms with E-state index in [1.807, 2.05) is 55.1 Å². The van der Waals surface area contributed by atoms with Crippen molar-refractivity contribution in [3.8, 4) is 11.5 Å². The Morgan fingerprint density at radius 3 is 2.47 bits per heavy atom. The van der Waals surface area contributed by atoms with E-state index in [9.17, 15) is 9.18 Å². The Bertz CT molecular complexity index is 1260. The molecule has 1 heterocycles. The van der Waals surface area contributed by atoms with E-state index < -0.39 is 0 Å². The second kappa shape index (κ2) is 11.4. The van der Waals surface area contributed by atoms with Gasteiger partial charge in [0.2, 0.25) is 0 Å². The van der Waals surface area contributed by atoms with Crippen LogP contribution in [-0.2, 0) is 4.79 Å². The molecular formula is C28H30FN3O3S. The van der Waals surface area contributed by atoms with Crippen molar-refractivity contribution >= 4 is 34.5 Å². The highest BCUT2D eigenvalue weighted by atomic mass is 32.1. The van der Waals surface area contributed by atoms with Gasteiger partial charge < -0.3 is 24.6 Å². The summed E-state index contributed by atoms with van der Waals surface area (Å²) in [6.07, 6.45) is 0. The number of piperazine rings is 1. The standard InChI is InChI=1S/C28H30FN3O3S/c1-19-7-6-9-23(20(19)2)30-27(33)18-35-25-12-11-21(17-26(25)34-3)28(36)32-15-13-31(14-16-32)24-10-5-4-8-22(24)29/h4-12,17H,13-16,18H2,1-3H3,(H,30,33). The number of halogens is 1. The first-order valence-corrected chi connectivity index (χ1v) is 12.2. The van der Waals surface area contributed by atoms with Crippen LogP contribution in [0.4, 0.5) is 15.8 Å². The molecule has 0 bridgehead atoms. The fourth-order valence-electron chi connectivity index (χ4n) is 4.18. The number of carbonyl (C=O) groups is 1. The molecule has 1 aliphatic rings. The van der Waals surface area contributed by atoms with Crippen molar-refractivity contribution in [1.29, 1.82) is 0 Å². The summed E-state index contributed by atoms with van der Waals surface area (Å²) in [7, 11) is 1.55. The minimum Gasteiger partial charge on any atom is -0.493 e. The molecule has 8 heteroatoms. The number of rotatable bonds is 7. The molecule has 0 radical (unpaired) electrons. The number of ether oxygens (including phenoxy) is 2. The normalized spacial score (nSPS) is 13.3. The Hall–Kier alpha value is -3.65. The molecule has 0 unspecified atom stereocenters. The Morgan fingerprint density at radius 1 is 1.00 bits per heavy atom. The second-order valence-corrected chi connectivity index (χ2v) is 9.07. The molecule has 1 fully saturated rings. The lowest BCUT2D eigenvalue weighted by Gasteiger charge is -2.37. The first-order valence-electron chi connectivity index (χ1n) is 11.8. The van der Waals surface area contributed by atoms with Crippen molar-refractivity contribution in [2.24, 2.45) is 0 Å². The summed E-state index contributed by atoms with van der Waals surface area (Å²) in [4.78, 5) is 17.3. The van der Waals surface area contributed by atoms with Crippen molar-refractivity contribution in [1.82, 2.24) is 4.90 Å². The Balaban J connectivity index is 1.35. The maximum Gasteiger partial charge on any atom is 0.262 e. The van der Waals surface area contributed by atoms with Gasteiger partial charge in [-0.3, -0.25) is 4.79 Å². The lowest BCUT2D eigenvalue weighted by atomic mass is 10.1. The maximum absolute atomic E-state index is 14.1. The van der Waals surface area contributed by atoms with Gasteiger partial charge in [0.1, 0.15) is 10.8 Å². The van der Waals surface area contributed by atoms with Gasteiger partial charge >= 0.3 is 0 Å². The zero-order valence-corrected chi connectivity index (χ0v) is 21.5. The van der Waals surface area contributed by atoms with Crippen molar-refractivity contribution in [3.63, 3.8) is 0 Å². The molecule has 188 valence electrons. The topological polar surface area (TPSA) is 54.0 Å². The molecule has 0 saturated carbocycles. The zero-order chi connectivity index (χ0) is 25.7. The number of para-hydroxylation sites is 1. The molecule has 0 aliphatic carbocycles. The van der Waals surface area contributed by atoms with Gasteiger partial charge in [0.05, 0.1) is 12.8 Å². The summed E-state index contributed by atoms with van der Waals surface area (Å²) in [5.74, 6) is 0.499. The molecule has 0 aromatic heterocycles. The van der Waals surface area contributed by atoms with Crippen LogP contribution in [0.2, 0.25) is 0 Å². The van der Waals surface area contributed by atoms with Crippen LogP contribution < -0.4 is 19.7 Å². The third-order valence-electron chi connectivity index (χ3n) is 6.41. The lowest BCUT2D eigenvalue weighted by Crippen LogP contribution is -2.48. The number of amides is 1. The third-order valence-corrected chi connectivity index (χ3v) is 6.90. The van der Waals surface area contributed by atoms with Gasteiger partial charge in [0, 0.05) is 37.4 Å². The van der Waals surface area contributed by atoms with Crippen LogP contribution in [0.1, 0.15) is 16.7 Å². The van der Waals surface area contributed by atoms with Gasteiger partial charge in [-0.05, 0) is 61.4 Å². The van der Waals surface area contributed by atoms with Crippen molar-refractivity contribution in [3.05, 3.63) is 83.2 Å². The number of nitrogens with one attached hydrogen (secondary N) is 1. The van der Waals surface area contributed by atoms with Crippen LogP contribution in [0.25, 0.3) is 0 Å². The van der Waals surface area contributed by atoms with E-state index in [4.69, 9.17) is 21.7 Å². The smallest absolute Gasteiger partial charge is 0.262 e. The molecule has 0 atom stereocenters. The molecule has 3 aromatic rings. The number of hydrogen-bond acceptors (Lipinski definition) is 5. The number of anilines is 2. The molecule has 36 heavy (non-hydrogen) atoms. The number of thiocarbonyl (C=S) groups is 1. The minimum atomic E-state index is -0.252. The van der Waals surface area contributed by atoms with Crippen LogP contribution in [-0.4, -0.2) is 55.7 Å². The van der Waals surface area contributed by atoms with E-state index in [0.29, 0.717) is 48.4 Å². The summed E-state index contributed by atoms with van der Waals surface area (Å²) in [6.45, 7) is 6.55. The van der Waals surface area contributed by atoms with Crippen LogP contribution in [0, 0.1) is 19.7 Å². The van der Waals surface area contributed by atoms with E-state index in [1.165, 1.54) is 6.07 Å². The largest absolute Gasteiger partial charge is 0.493 e. The van der Waals surface area contributed by atoms with Gasteiger partial charge in [-0.2, -0.15) is 0 Å². The average molecular weight is 508 g/mol. The SMILES string of the molecule is COc1cc(C(=S)N2CCN(c3ccccc3F)CC2)ccc1OCC(=O)Nc1cccc(C)c1C. The van der Waals surface area contributed by atoms with Crippen molar-refractivity contribution in [2.75, 3.05) is 50.1 Å². The number of methoxy groups -OCH3 is 1. The molecule has 1 amide bonds. The van der Waals surface area contributed by atoms with Crippen LogP contribution in [0.5, 0.6) is 11.5 Å². The van der Waals surface area contributed by atoms with Crippen LogP contribution in [0.3, 0.4) is 0 Å². The number of benzene rings is 3. The van der Waals surface area contributed by atoms with Gasteiger partial charge in [-0.1, -0.05) is 36.5 Å². The van der Waals surface area contributed by atoms with Crippen LogP contribution in [0.15, 0.2) is 60.7 Å². The summed E-state index contributed by atoms with van der Waals surface area (Å²) in [5, 5.41) is 2.89. The summed E-state index contributed by atoms with van der Waals surface area (Å²) < 4.78 is 25.4. The molecular weight excluding hydrogens is 477 g/mol. The number of hydrogen-bond donors (Lipinski definition) is 1. The Kier molecular flexibility index (Phi) is 8.05. The first-order chi connectivity index (χ1) is 17.4. The molecule has 1 aliphatic heterocycles. The predicted octanol–water partition coefficient (Wildman–Crippen LogP) is 4.97.